The Morgan fingerprint density at radius 3 is 1.50 bits per heavy atom. The SMILES string of the molecule is CO[C@@H]1c2cc(Br)ccc2-c2ccc(Br)cc2[C@H]1OC. The average molecular weight is 398 g/mol. The predicted molar refractivity (Wildman–Crippen MR) is 86.8 cm³/mol. The fourth-order valence-corrected chi connectivity index (χ4v) is 3.61. The Morgan fingerprint density at radius 1 is 0.750 bits per heavy atom. The molecule has 1 aliphatic carbocycles. The molecular formula is C16H14Br2O2. The molecule has 0 aliphatic heterocycles. The molecular weight excluding hydrogens is 384 g/mol. The Labute approximate surface area is 135 Å². The summed E-state index contributed by atoms with van der Waals surface area (Å²) in [5, 5.41) is 0. The summed E-state index contributed by atoms with van der Waals surface area (Å²) in [6.07, 6.45) is -0.205. The third-order valence-electron chi connectivity index (χ3n) is 3.71. The number of fused-ring (bicyclic) bond motifs is 3. The van der Waals surface area contributed by atoms with Crippen LogP contribution in [0.5, 0.6) is 0 Å². The highest BCUT2D eigenvalue weighted by Gasteiger charge is 2.34. The molecule has 0 heterocycles. The van der Waals surface area contributed by atoms with Crippen LogP contribution in [0, 0.1) is 0 Å². The summed E-state index contributed by atoms with van der Waals surface area (Å²) in [6, 6.07) is 12.6. The number of methoxy groups -OCH3 is 2. The van der Waals surface area contributed by atoms with Crippen molar-refractivity contribution < 1.29 is 9.47 Å². The highest BCUT2D eigenvalue weighted by molar-refractivity contribution is 9.10. The van der Waals surface area contributed by atoms with Gasteiger partial charge in [-0.25, -0.2) is 0 Å². The van der Waals surface area contributed by atoms with Crippen molar-refractivity contribution in [2.24, 2.45) is 0 Å². The van der Waals surface area contributed by atoms with E-state index in [0.717, 1.165) is 20.1 Å². The number of hydrogen-bond donors (Lipinski definition) is 0. The number of ether oxygens (including phenoxy) is 2. The van der Waals surface area contributed by atoms with E-state index in [9.17, 15) is 0 Å². The first-order valence-corrected chi connectivity index (χ1v) is 7.89. The second kappa shape index (κ2) is 5.60. The van der Waals surface area contributed by atoms with Crippen molar-refractivity contribution in [2.45, 2.75) is 12.2 Å². The van der Waals surface area contributed by atoms with Crippen LogP contribution in [0.4, 0.5) is 0 Å². The highest BCUT2D eigenvalue weighted by Crippen LogP contribution is 2.48. The average Bonchev–Trinajstić information content (AvgIpc) is 2.45. The first kappa shape index (κ1) is 14.3. The topological polar surface area (TPSA) is 18.5 Å². The number of benzene rings is 2. The lowest BCUT2D eigenvalue weighted by Gasteiger charge is -2.34. The monoisotopic (exact) mass is 396 g/mol. The lowest BCUT2D eigenvalue weighted by atomic mass is 9.82. The van der Waals surface area contributed by atoms with Gasteiger partial charge in [0.2, 0.25) is 0 Å². The van der Waals surface area contributed by atoms with Crippen LogP contribution in [0.25, 0.3) is 11.1 Å². The van der Waals surface area contributed by atoms with Crippen LogP contribution in [0.15, 0.2) is 45.3 Å². The van der Waals surface area contributed by atoms with E-state index in [-0.39, 0.29) is 12.2 Å². The first-order chi connectivity index (χ1) is 9.65. The Morgan fingerprint density at radius 2 is 1.15 bits per heavy atom. The van der Waals surface area contributed by atoms with Gasteiger partial charge in [-0.1, -0.05) is 44.0 Å². The lowest BCUT2D eigenvalue weighted by molar-refractivity contribution is -0.0409. The van der Waals surface area contributed by atoms with Crippen molar-refractivity contribution in [3.8, 4) is 11.1 Å². The van der Waals surface area contributed by atoms with Crippen LogP contribution >= 0.6 is 31.9 Å². The zero-order valence-corrected chi connectivity index (χ0v) is 14.4. The molecule has 1 aliphatic rings. The molecule has 4 heteroatoms. The number of rotatable bonds is 2. The molecule has 0 fully saturated rings. The molecule has 2 atom stereocenters. The van der Waals surface area contributed by atoms with Crippen LogP contribution in [0.2, 0.25) is 0 Å². The molecule has 20 heavy (non-hydrogen) atoms. The third kappa shape index (κ3) is 2.25. The Balaban J connectivity index is 2.29. The maximum absolute atomic E-state index is 5.71. The minimum absolute atomic E-state index is 0.103. The van der Waals surface area contributed by atoms with Gasteiger partial charge < -0.3 is 9.47 Å². The number of hydrogen-bond acceptors (Lipinski definition) is 2. The summed E-state index contributed by atoms with van der Waals surface area (Å²) < 4.78 is 13.5. The molecule has 0 amide bonds. The summed E-state index contributed by atoms with van der Waals surface area (Å²) in [5.74, 6) is 0. The fraction of sp³-hybridized carbons (Fsp3) is 0.250. The molecule has 2 aromatic rings. The molecule has 0 saturated heterocycles. The van der Waals surface area contributed by atoms with Crippen LogP contribution in [-0.4, -0.2) is 14.2 Å². The molecule has 0 aromatic heterocycles. The van der Waals surface area contributed by atoms with Crippen molar-refractivity contribution in [3.05, 3.63) is 56.5 Å². The van der Waals surface area contributed by atoms with Gasteiger partial charge in [-0.05, 0) is 46.5 Å². The van der Waals surface area contributed by atoms with E-state index in [1.807, 2.05) is 0 Å². The van der Waals surface area contributed by atoms with Crippen molar-refractivity contribution in [1.29, 1.82) is 0 Å². The van der Waals surface area contributed by atoms with Crippen molar-refractivity contribution in [3.63, 3.8) is 0 Å². The lowest BCUT2D eigenvalue weighted by Crippen LogP contribution is -2.21. The smallest absolute Gasteiger partial charge is 0.113 e. The second-order valence-corrected chi connectivity index (χ2v) is 6.61. The quantitative estimate of drug-likeness (QED) is 0.687. The third-order valence-corrected chi connectivity index (χ3v) is 4.70. The molecule has 2 nitrogen and oxygen atoms in total. The van der Waals surface area contributed by atoms with Crippen LogP contribution in [-0.2, 0) is 9.47 Å². The predicted octanol–water partition coefficient (Wildman–Crippen LogP) is 5.27. The maximum Gasteiger partial charge on any atom is 0.113 e. The van der Waals surface area contributed by atoms with E-state index in [0.29, 0.717) is 0 Å². The summed E-state index contributed by atoms with van der Waals surface area (Å²) in [6.45, 7) is 0. The summed E-state index contributed by atoms with van der Waals surface area (Å²) in [4.78, 5) is 0. The van der Waals surface area contributed by atoms with Crippen LogP contribution in [0.1, 0.15) is 23.3 Å². The Kier molecular flexibility index (Phi) is 4.00. The standard InChI is InChI=1S/C16H14Br2O2/c1-19-15-13-7-9(17)3-5-11(13)12-6-4-10(18)8-14(12)16(15)20-2/h3-8,15-16H,1-2H3/t15-,16-/m1/s1. The molecule has 0 unspecified atom stereocenters. The molecule has 0 saturated carbocycles. The van der Waals surface area contributed by atoms with E-state index < -0.39 is 0 Å². The van der Waals surface area contributed by atoms with Crippen molar-refractivity contribution in [2.75, 3.05) is 14.2 Å². The van der Waals surface area contributed by atoms with E-state index in [1.54, 1.807) is 14.2 Å². The van der Waals surface area contributed by atoms with E-state index in [1.165, 1.54) is 11.1 Å². The number of halogens is 2. The zero-order chi connectivity index (χ0) is 14.3. The molecule has 2 aromatic carbocycles. The first-order valence-electron chi connectivity index (χ1n) is 6.30. The molecule has 0 N–H and O–H groups in total. The second-order valence-electron chi connectivity index (χ2n) is 4.78. The summed E-state index contributed by atoms with van der Waals surface area (Å²) >= 11 is 7.07. The molecule has 3 rings (SSSR count). The van der Waals surface area contributed by atoms with Gasteiger partial charge >= 0.3 is 0 Å². The van der Waals surface area contributed by atoms with Gasteiger partial charge in [0.25, 0.3) is 0 Å². The van der Waals surface area contributed by atoms with Gasteiger partial charge in [0.15, 0.2) is 0 Å². The normalized spacial score (nSPS) is 20.4. The minimum atomic E-state index is -0.103. The zero-order valence-electron chi connectivity index (χ0n) is 11.2. The van der Waals surface area contributed by atoms with Crippen LogP contribution < -0.4 is 0 Å². The minimum Gasteiger partial charge on any atom is -0.374 e. The molecule has 104 valence electrons. The van der Waals surface area contributed by atoms with Crippen molar-refractivity contribution in [1.82, 2.24) is 0 Å². The van der Waals surface area contributed by atoms with E-state index >= 15 is 0 Å². The Bertz CT molecular complexity index is 597. The van der Waals surface area contributed by atoms with Gasteiger partial charge in [0.05, 0.1) is 0 Å². The van der Waals surface area contributed by atoms with Gasteiger partial charge in [0, 0.05) is 23.2 Å². The maximum atomic E-state index is 5.71. The van der Waals surface area contributed by atoms with Gasteiger partial charge in [0.1, 0.15) is 12.2 Å². The Hall–Kier alpha value is -0.680. The molecule has 0 bridgehead atoms. The molecule has 0 radical (unpaired) electrons. The molecule has 0 spiro atoms. The largest absolute Gasteiger partial charge is 0.374 e. The summed E-state index contributed by atoms with van der Waals surface area (Å²) in [7, 11) is 3.45. The fourth-order valence-electron chi connectivity index (χ4n) is 2.86. The highest BCUT2D eigenvalue weighted by atomic mass is 79.9. The van der Waals surface area contributed by atoms with Gasteiger partial charge in [-0.2, -0.15) is 0 Å². The van der Waals surface area contributed by atoms with Gasteiger partial charge in [-0.3, -0.25) is 0 Å². The van der Waals surface area contributed by atoms with Crippen LogP contribution in [0.3, 0.4) is 0 Å². The summed E-state index contributed by atoms with van der Waals surface area (Å²) in [5.41, 5.74) is 4.72. The van der Waals surface area contributed by atoms with E-state index in [2.05, 4.69) is 68.3 Å². The van der Waals surface area contributed by atoms with Gasteiger partial charge in [-0.15, -0.1) is 0 Å². The van der Waals surface area contributed by atoms with Crippen molar-refractivity contribution >= 4 is 31.9 Å². The van der Waals surface area contributed by atoms with E-state index in [4.69, 9.17) is 9.47 Å².